The summed E-state index contributed by atoms with van der Waals surface area (Å²) in [6.45, 7) is 1.35. The summed E-state index contributed by atoms with van der Waals surface area (Å²) in [4.78, 5) is 29.1. The summed E-state index contributed by atoms with van der Waals surface area (Å²) in [5.41, 5.74) is 2.68. The monoisotopic (exact) mass is 667 g/mol. The predicted molar refractivity (Wildman–Crippen MR) is 170 cm³/mol. The second-order valence-corrected chi connectivity index (χ2v) is 12.9. The minimum absolute atomic E-state index is 0.00590. The molecule has 218 valence electrons. The molecule has 0 unspecified atom stereocenters. The van der Waals surface area contributed by atoms with Crippen molar-refractivity contribution in [1.29, 1.82) is 0 Å². The third kappa shape index (κ3) is 7.59. The van der Waals surface area contributed by atoms with E-state index in [1.807, 2.05) is 54.6 Å². The molecule has 0 saturated carbocycles. The number of hydrogen-bond acceptors (Lipinski definition) is 4. The van der Waals surface area contributed by atoms with Crippen molar-refractivity contribution >= 4 is 55.1 Å². The SMILES string of the molecule is CNC(=O)[C@@H](Cc1ccccc1)N(Cc1cccc(Br)c1)C(=O)CN(c1ccccc1C)S(=O)(=O)c1ccc(Cl)cc1. The van der Waals surface area contributed by atoms with Crippen LogP contribution >= 0.6 is 27.5 Å². The van der Waals surface area contributed by atoms with Crippen LogP contribution in [0.25, 0.3) is 0 Å². The number of anilines is 1. The highest BCUT2D eigenvalue weighted by Crippen LogP contribution is 2.28. The Morgan fingerprint density at radius 2 is 1.52 bits per heavy atom. The number of nitrogens with zero attached hydrogens (tertiary/aromatic N) is 2. The van der Waals surface area contributed by atoms with E-state index in [-0.39, 0.29) is 23.8 Å². The molecule has 1 atom stereocenters. The van der Waals surface area contributed by atoms with Gasteiger partial charge in [0.05, 0.1) is 10.6 Å². The highest BCUT2D eigenvalue weighted by Gasteiger charge is 2.34. The molecule has 0 aliphatic heterocycles. The maximum atomic E-state index is 14.3. The van der Waals surface area contributed by atoms with Gasteiger partial charge in [0.25, 0.3) is 10.0 Å². The quantitative estimate of drug-likeness (QED) is 0.213. The summed E-state index contributed by atoms with van der Waals surface area (Å²) in [5.74, 6) is -0.884. The van der Waals surface area contributed by atoms with Gasteiger partial charge < -0.3 is 10.2 Å². The van der Waals surface area contributed by atoms with Crippen molar-refractivity contribution in [2.45, 2.75) is 30.8 Å². The summed E-state index contributed by atoms with van der Waals surface area (Å²) in [6.07, 6.45) is 0.245. The van der Waals surface area contributed by atoms with Crippen molar-refractivity contribution in [3.63, 3.8) is 0 Å². The van der Waals surface area contributed by atoms with Crippen molar-refractivity contribution in [2.75, 3.05) is 17.9 Å². The van der Waals surface area contributed by atoms with Crippen LogP contribution in [0.3, 0.4) is 0 Å². The Bertz CT molecular complexity index is 1650. The Balaban J connectivity index is 1.80. The first-order valence-corrected chi connectivity index (χ1v) is 15.8. The fourth-order valence-corrected chi connectivity index (χ4v) is 6.69. The average Bonchev–Trinajstić information content (AvgIpc) is 2.98. The lowest BCUT2D eigenvalue weighted by atomic mass is 10.0. The molecule has 1 N–H and O–H groups in total. The topological polar surface area (TPSA) is 86.8 Å². The maximum Gasteiger partial charge on any atom is 0.264 e. The van der Waals surface area contributed by atoms with Gasteiger partial charge in [-0.3, -0.25) is 13.9 Å². The fraction of sp³-hybridized carbons (Fsp3) is 0.188. The normalized spacial score (nSPS) is 11.9. The van der Waals surface area contributed by atoms with Gasteiger partial charge in [0.15, 0.2) is 0 Å². The zero-order valence-electron chi connectivity index (χ0n) is 23.2. The van der Waals surface area contributed by atoms with E-state index < -0.39 is 28.5 Å². The van der Waals surface area contributed by atoms with E-state index in [1.54, 1.807) is 31.2 Å². The molecule has 0 fully saturated rings. The van der Waals surface area contributed by atoms with E-state index in [9.17, 15) is 18.0 Å². The third-order valence-electron chi connectivity index (χ3n) is 6.82. The number of carbonyl (C=O) groups excluding carboxylic acids is 2. The molecule has 42 heavy (non-hydrogen) atoms. The maximum absolute atomic E-state index is 14.3. The zero-order valence-corrected chi connectivity index (χ0v) is 26.4. The van der Waals surface area contributed by atoms with Gasteiger partial charge >= 0.3 is 0 Å². The Morgan fingerprint density at radius 3 is 2.17 bits per heavy atom. The highest BCUT2D eigenvalue weighted by molar-refractivity contribution is 9.10. The summed E-state index contributed by atoms with van der Waals surface area (Å²) < 4.78 is 30.0. The number of sulfonamides is 1. The molecule has 0 aliphatic rings. The Labute approximate surface area is 260 Å². The van der Waals surface area contributed by atoms with Crippen LogP contribution < -0.4 is 9.62 Å². The fourth-order valence-electron chi connectivity index (χ4n) is 4.64. The molecule has 0 radical (unpaired) electrons. The Kier molecular flexibility index (Phi) is 10.4. The average molecular weight is 669 g/mol. The third-order valence-corrected chi connectivity index (χ3v) is 9.34. The number of rotatable bonds is 11. The van der Waals surface area contributed by atoms with Crippen LogP contribution in [0.4, 0.5) is 5.69 Å². The molecule has 4 aromatic rings. The van der Waals surface area contributed by atoms with Gasteiger partial charge in [-0.25, -0.2) is 8.42 Å². The summed E-state index contributed by atoms with van der Waals surface area (Å²) in [6, 6.07) is 28.7. The van der Waals surface area contributed by atoms with Crippen molar-refractivity contribution in [3.05, 3.63) is 129 Å². The minimum Gasteiger partial charge on any atom is -0.357 e. The van der Waals surface area contributed by atoms with Gasteiger partial charge in [-0.05, 0) is 66.1 Å². The number of halogens is 2. The van der Waals surface area contributed by atoms with Gasteiger partial charge in [-0.1, -0.05) is 88.2 Å². The molecule has 4 rings (SSSR count). The van der Waals surface area contributed by atoms with Crippen LogP contribution in [0, 0.1) is 6.92 Å². The van der Waals surface area contributed by atoms with E-state index in [2.05, 4.69) is 21.2 Å². The number of para-hydroxylation sites is 1. The van der Waals surface area contributed by atoms with E-state index >= 15 is 0 Å². The Hall–Kier alpha value is -3.66. The van der Waals surface area contributed by atoms with Crippen LogP contribution in [-0.4, -0.2) is 44.8 Å². The molecule has 0 aliphatic carbocycles. The number of amides is 2. The largest absolute Gasteiger partial charge is 0.357 e. The number of likely N-dealkylation sites (N-methyl/N-ethyl adjacent to an activating group) is 1. The lowest BCUT2D eigenvalue weighted by molar-refractivity contribution is -0.139. The summed E-state index contributed by atoms with van der Waals surface area (Å²) >= 11 is 9.51. The molecule has 7 nitrogen and oxygen atoms in total. The van der Waals surface area contributed by atoms with Gasteiger partial charge in [0.2, 0.25) is 11.8 Å². The number of benzene rings is 4. The van der Waals surface area contributed by atoms with Crippen molar-refractivity contribution in [2.24, 2.45) is 0 Å². The molecule has 4 aromatic carbocycles. The van der Waals surface area contributed by atoms with E-state index in [4.69, 9.17) is 11.6 Å². The van der Waals surface area contributed by atoms with Gasteiger partial charge in [0.1, 0.15) is 12.6 Å². The molecular weight excluding hydrogens is 638 g/mol. The minimum atomic E-state index is -4.19. The van der Waals surface area contributed by atoms with E-state index in [0.717, 1.165) is 19.9 Å². The smallest absolute Gasteiger partial charge is 0.264 e. The molecule has 0 bridgehead atoms. The molecular formula is C32H31BrClN3O4S. The van der Waals surface area contributed by atoms with Crippen molar-refractivity contribution < 1.29 is 18.0 Å². The number of nitrogens with one attached hydrogen (secondary N) is 1. The van der Waals surface area contributed by atoms with Gasteiger partial charge in [-0.2, -0.15) is 0 Å². The number of hydrogen-bond donors (Lipinski definition) is 1. The van der Waals surface area contributed by atoms with Crippen LogP contribution in [-0.2, 0) is 32.6 Å². The molecule has 0 saturated heterocycles. The first kappa shape index (κ1) is 31.3. The van der Waals surface area contributed by atoms with Crippen LogP contribution in [0.2, 0.25) is 5.02 Å². The number of aryl methyl sites for hydroxylation is 1. The lowest BCUT2D eigenvalue weighted by Crippen LogP contribution is -2.53. The van der Waals surface area contributed by atoms with E-state index in [0.29, 0.717) is 16.3 Å². The van der Waals surface area contributed by atoms with Gasteiger partial charge in [0, 0.05) is 29.5 Å². The second-order valence-electron chi connectivity index (χ2n) is 9.72. The first-order chi connectivity index (χ1) is 20.1. The van der Waals surface area contributed by atoms with E-state index in [1.165, 1.54) is 36.2 Å². The zero-order chi connectivity index (χ0) is 30.3. The molecule has 0 heterocycles. The molecule has 10 heteroatoms. The Morgan fingerprint density at radius 1 is 0.881 bits per heavy atom. The van der Waals surface area contributed by atoms with Crippen molar-refractivity contribution in [3.8, 4) is 0 Å². The predicted octanol–water partition coefficient (Wildman–Crippen LogP) is 5.99. The highest BCUT2D eigenvalue weighted by atomic mass is 79.9. The molecule has 0 aromatic heterocycles. The van der Waals surface area contributed by atoms with Crippen LogP contribution in [0.1, 0.15) is 16.7 Å². The summed E-state index contributed by atoms with van der Waals surface area (Å²) in [5, 5.41) is 3.08. The molecule has 0 spiro atoms. The van der Waals surface area contributed by atoms with Crippen LogP contribution in [0.15, 0.2) is 112 Å². The molecule has 2 amide bonds. The second kappa shape index (κ2) is 14.0. The number of carbonyl (C=O) groups is 2. The van der Waals surface area contributed by atoms with Crippen LogP contribution in [0.5, 0.6) is 0 Å². The van der Waals surface area contributed by atoms with Gasteiger partial charge in [-0.15, -0.1) is 0 Å². The lowest BCUT2D eigenvalue weighted by Gasteiger charge is -2.34. The first-order valence-electron chi connectivity index (χ1n) is 13.2. The van der Waals surface area contributed by atoms with Crippen molar-refractivity contribution in [1.82, 2.24) is 10.2 Å². The summed E-state index contributed by atoms with van der Waals surface area (Å²) in [7, 11) is -2.67. The standard InChI is InChI=1S/C32H31BrClN3O4S/c1-23-9-6-7-14-29(23)37(42(40,41)28-17-15-27(34)16-18-28)22-31(38)36(21-25-12-8-13-26(33)19-25)30(32(39)35-2)20-24-10-4-3-5-11-24/h3-19,30H,20-22H2,1-2H3,(H,35,39)/t30-/m1/s1.